The molecule has 3 heterocycles. The molecular weight excluding hydrogens is 320 g/mol. The Morgan fingerprint density at radius 3 is 2.56 bits per heavy atom. The van der Waals surface area contributed by atoms with Gasteiger partial charge in [-0.25, -0.2) is 14.6 Å². The highest BCUT2D eigenvalue weighted by molar-refractivity contribution is 5.82. The number of fused-ring (bicyclic) bond motifs is 1. The van der Waals surface area contributed by atoms with E-state index in [1.54, 1.807) is 11.0 Å². The zero-order valence-corrected chi connectivity index (χ0v) is 15.4. The minimum absolute atomic E-state index is 0.0660. The van der Waals surface area contributed by atoms with Crippen LogP contribution in [0.25, 0.3) is 11.2 Å². The molecule has 0 unspecified atom stereocenters. The van der Waals surface area contributed by atoms with Crippen molar-refractivity contribution in [2.45, 2.75) is 39.8 Å². The van der Waals surface area contributed by atoms with Crippen molar-refractivity contribution in [3.63, 3.8) is 0 Å². The standard InChI is InChI=1S/C16H26N8O/c1-5-24-15-13(20-21-24)14(17-11-18-15)23-8-6-22(7-9-23)10-12(25)19-16(2,3)4/h11H,5-10H2,1-4H3,(H,19,25). The summed E-state index contributed by atoms with van der Waals surface area (Å²) in [5.41, 5.74) is 1.30. The fourth-order valence-corrected chi connectivity index (χ4v) is 3.00. The summed E-state index contributed by atoms with van der Waals surface area (Å²) in [6, 6.07) is 0. The van der Waals surface area contributed by atoms with E-state index in [1.165, 1.54) is 0 Å². The number of carbonyl (C=O) groups excluding carboxylic acids is 1. The number of nitrogens with one attached hydrogen (secondary N) is 1. The van der Waals surface area contributed by atoms with Crippen LogP contribution in [-0.4, -0.2) is 74.0 Å². The van der Waals surface area contributed by atoms with Crippen molar-refractivity contribution in [2.24, 2.45) is 0 Å². The number of hydrogen-bond acceptors (Lipinski definition) is 7. The topological polar surface area (TPSA) is 92.1 Å². The van der Waals surface area contributed by atoms with E-state index in [1.807, 2.05) is 27.7 Å². The van der Waals surface area contributed by atoms with Gasteiger partial charge in [0.2, 0.25) is 5.91 Å². The average Bonchev–Trinajstić information content (AvgIpc) is 2.97. The second-order valence-corrected chi connectivity index (χ2v) is 7.34. The van der Waals surface area contributed by atoms with E-state index < -0.39 is 0 Å². The monoisotopic (exact) mass is 346 g/mol. The van der Waals surface area contributed by atoms with Crippen LogP contribution in [-0.2, 0) is 11.3 Å². The van der Waals surface area contributed by atoms with Gasteiger partial charge in [-0.1, -0.05) is 5.21 Å². The molecule has 9 nitrogen and oxygen atoms in total. The lowest BCUT2D eigenvalue weighted by Gasteiger charge is -2.35. The quantitative estimate of drug-likeness (QED) is 0.850. The lowest BCUT2D eigenvalue weighted by molar-refractivity contribution is -0.123. The third-order valence-corrected chi connectivity index (χ3v) is 4.13. The van der Waals surface area contributed by atoms with Crippen molar-refractivity contribution in [3.05, 3.63) is 6.33 Å². The molecule has 1 saturated heterocycles. The predicted molar refractivity (Wildman–Crippen MR) is 95.3 cm³/mol. The Balaban J connectivity index is 1.63. The zero-order valence-electron chi connectivity index (χ0n) is 15.4. The summed E-state index contributed by atoms with van der Waals surface area (Å²) in [6.07, 6.45) is 1.57. The van der Waals surface area contributed by atoms with Crippen molar-refractivity contribution < 1.29 is 4.79 Å². The Morgan fingerprint density at radius 2 is 1.92 bits per heavy atom. The minimum Gasteiger partial charge on any atom is -0.352 e. The van der Waals surface area contributed by atoms with Crippen molar-refractivity contribution in [2.75, 3.05) is 37.6 Å². The second kappa shape index (κ2) is 6.91. The largest absolute Gasteiger partial charge is 0.352 e. The molecule has 1 aliphatic rings. The smallest absolute Gasteiger partial charge is 0.234 e. The Hall–Kier alpha value is -2.29. The van der Waals surface area contributed by atoms with Crippen LogP contribution in [0, 0.1) is 0 Å². The van der Waals surface area contributed by atoms with Crippen molar-refractivity contribution >= 4 is 22.9 Å². The molecular formula is C16H26N8O. The van der Waals surface area contributed by atoms with Crippen LogP contribution < -0.4 is 10.2 Å². The van der Waals surface area contributed by atoms with Gasteiger partial charge in [-0.05, 0) is 27.7 Å². The molecule has 1 aliphatic heterocycles. The fraction of sp³-hybridized carbons (Fsp3) is 0.688. The number of rotatable bonds is 4. The van der Waals surface area contributed by atoms with E-state index in [4.69, 9.17) is 0 Å². The van der Waals surface area contributed by atoms with E-state index in [0.29, 0.717) is 6.54 Å². The van der Waals surface area contributed by atoms with Crippen LogP contribution >= 0.6 is 0 Å². The maximum absolute atomic E-state index is 12.1. The summed E-state index contributed by atoms with van der Waals surface area (Å²) in [5.74, 6) is 0.889. The van der Waals surface area contributed by atoms with E-state index in [2.05, 4.69) is 35.4 Å². The molecule has 25 heavy (non-hydrogen) atoms. The molecule has 1 N–H and O–H groups in total. The predicted octanol–water partition coefficient (Wildman–Crippen LogP) is 0.278. The molecule has 136 valence electrons. The molecule has 9 heteroatoms. The maximum Gasteiger partial charge on any atom is 0.234 e. The first-order valence-corrected chi connectivity index (χ1v) is 8.70. The summed E-state index contributed by atoms with van der Waals surface area (Å²) in [7, 11) is 0. The van der Waals surface area contributed by atoms with Gasteiger partial charge in [0.25, 0.3) is 0 Å². The van der Waals surface area contributed by atoms with Gasteiger partial charge in [0.15, 0.2) is 17.0 Å². The summed E-state index contributed by atoms with van der Waals surface area (Å²) < 4.78 is 1.77. The number of aryl methyl sites for hydroxylation is 1. The normalized spacial score (nSPS) is 16.4. The summed E-state index contributed by atoms with van der Waals surface area (Å²) in [6.45, 7) is 12.4. The number of hydrogen-bond donors (Lipinski definition) is 1. The molecule has 0 aromatic carbocycles. The van der Waals surface area contributed by atoms with Crippen LogP contribution in [0.5, 0.6) is 0 Å². The van der Waals surface area contributed by atoms with Gasteiger partial charge in [-0.2, -0.15) is 0 Å². The van der Waals surface area contributed by atoms with Gasteiger partial charge in [0.1, 0.15) is 6.33 Å². The zero-order chi connectivity index (χ0) is 18.0. The van der Waals surface area contributed by atoms with Crippen LogP contribution in [0.15, 0.2) is 6.33 Å². The maximum atomic E-state index is 12.1. The first-order valence-electron chi connectivity index (χ1n) is 8.70. The molecule has 1 amide bonds. The van der Waals surface area contributed by atoms with E-state index in [9.17, 15) is 4.79 Å². The fourth-order valence-electron chi connectivity index (χ4n) is 3.00. The third-order valence-electron chi connectivity index (χ3n) is 4.13. The second-order valence-electron chi connectivity index (χ2n) is 7.34. The van der Waals surface area contributed by atoms with Crippen LogP contribution in [0.4, 0.5) is 5.82 Å². The molecule has 0 spiro atoms. The molecule has 0 atom stereocenters. The highest BCUT2D eigenvalue weighted by Crippen LogP contribution is 2.21. The molecule has 2 aromatic heterocycles. The number of anilines is 1. The molecule has 2 aromatic rings. The molecule has 1 fully saturated rings. The third kappa shape index (κ3) is 4.04. The van der Waals surface area contributed by atoms with E-state index in [0.717, 1.165) is 49.7 Å². The van der Waals surface area contributed by atoms with Gasteiger partial charge in [-0.15, -0.1) is 5.10 Å². The number of amides is 1. The molecule has 0 radical (unpaired) electrons. The van der Waals surface area contributed by atoms with Gasteiger partial charge in [-0.3, -0.25) is 9.69 Å². The summed E-state index contributed by atoms with van der Waals surface area (Å²) >= 11 is 0. The Kier molecular flexibility index (Phi) is 4.85. The van der Waals surface area contributed by atoms with Gasteiger partial charge in [0.05, 0.1) is 6.54 Å². The molecule has 3 rings (SSSR count). The van der Waals surface area contributed by atoms with Gasteiger partial charge >= 0.3 is 0 Å². The van der Waals surface area contributed by atoms with Crippen LogP contribution in [0.3, 0.4) is 0 Å². The molecule has 0 bridgehead atoms. The van der Waals surface area contributed by atoms with Crippen LogP contribution in [0.2, 0.25) is 0 Å². The lowest BCUT2D eigenvalue weighted by atomic mass is 10.1. The summed E-state index contributed by atoms with van der Waals surface area (Å²) in [4.78, 5) is 25.1. The van der Waals surface area contributed by atoms with Crippen LogP contribution in [0.1, 0.15) is 27.7 Å². The average molecular weight is 346 g/mol. The minimum atomic E-state index is -0.198. The Labute approximate surface area is 147 Å². The Bertz CT molecular complexity index is 742. The van der Waals surface area contributed by atoms with E-state index in [-0.39, 0.29) is 11.4 Å². The first-order chi connectivity index (χ1) is 11.9. The highest BCUT2D eigenvalue weighted by Gasteiger charge is 2.24. The van der Waals surface area contributed by atoms with Crippen molar-refractivity contribution in [1.29, 1.82) is 0 Å². The number of aromatic nitrogens is 5. The summed E-state index contributed by atoms with van der Waals surface area (Å²) in [5, 5.41) is 11.4. The van der Waals surface area contributed by atoms with Gasteiger partial charge < -0.3 is 10.2 Å². The number of piperazine rings is 1. The van der Waals surface area contributed by atoms with Gasteiger partial charge in [0, 0.05) is 38.3 Å². The molecule has 0 saturated carbocycles. The highest BCUT2D eigenvalue weighted by atomic mass is 16.2. The first kappa shape index (κ1) is 17.5. The van der Waals surface area contributed by atoms with E-state index >= 15 is 0 Å². The number of carbonyl (C=O) groups is 1. The number of nitrogens with zero attached hydrogens (tertiary/aromatic N) is 7. The Morgan fingerprint density at radius 1 is 1.20 bits per heavy atom. The van der Waals surface area contributed by atoms with Crippen molar-refractivity contribution in [3.8, 4) is 0 Å². The lowest BCUT2D eigenvalue weighted by Crippen LogP contribution is -2.52. The molecule has 0 aliphatic carbocycles. The van der Waals surface area contributed by atoms with Crippen molar-refractivity contribution in [1.82, 2.24) is 35.2 Å². The SMILES string of the molecule is CCn1nnc2c(N3CCN(CC(=O)NC(C)(C)C)CC3)ncnc21.